The van der Waals surface area contributed by atoms with Gasteiger partial charge in [-0.2, -0.15) is 13.2 Å². The van der Waals surface area contributed by atoms with E-state index in [1.54, 1.807) is 13.1 Å². The molecule has 7 heteroatoms. The van der Waals surface area contributed by atoms with Gasteiger partial charge in [-0.3, -0.25) is 9.69 Å². The molecule has 0 unspecified atom stereocenters. The van der Waals surface area contributed by atoms with Crippen LogP contribution in [0.4, 0.5) is 13.2 Å². The molecule has 0 aliphatic carbocycles. The van der Waals surface area contributed by atoms with Crippen molar-refractivity contribution >= 4 is 5.91 Å². The lowest BCUT2D eigenvalue weighted by Gasteiger charge is -2.38. The molecule has 1 saturated heterocycles. The van der Waals surface area contributed by atoms with Crippen molar-refractivity contribution < 1.29 is 22.7 Å². The van der Waals surface area contributed by atoms with Crippen LogP contribution in [0.3, 0.4) is 0 Å². The predicted molar refractivity (Wildman–Crippen MR) is 104 cm³/mol. The standard InChI is InChI=1S/C22H25F3N2O2/c1-3-16-10-20(29-14-15-5-4-6-19(9-15)22(23,24)25)8-7-17(16)11-27-12-18(13-27)21(28)26-2/h4-10,18H,3,11-14H2,1-2H3,(H,26,28). The zero-order valence-corrected chi connectivity index (χ0v) is 16.6. The summed E-state index contributed by atoms with van der Waals surface area (Å²) in [6.45, 7) is 4.39. The third-order valence-electron chi connectivity index (χ3n) is 5.19. The van der Waals surface area contributed by atoms with Crippen molar-refractivity contribution in [3.63, 3.8) is 0 Å². The number of benzene rings is 2. The van der Waals surface area contributed by atoms with E-state index in [4.69, 9.17) is 4.74 Å². The molecule has 1 aliphatic rings. The lowest BCUT2D eigenvalue weighted by Crippen LogP contribution is -2.52. The minimum Gasteiger partial charge on any atom is -0.489 e. The summed E-state index contributed by atoms with van der Waals surface area (Å²) >= 11 is 0. The summed E-state index contributed by atoms with van der Waals surface area (Å²) in [5.74, 6) is 0.769. The minimum absolute atomic E-state index is 0.0557. The molecule has 4 nitrogen and oxygen atoms in total. The Balaban J connectivity index is 1.60. The van der Waals surface area contributed by atoms with Crippen molar-refractivity contribution in [3.05, 3.63) is 64.7 Å². The number of hydrogen-bond donors (Lipinski definition) is 1. The molecule has 0 radical (unpaired) electrons. The monoisotopic (exact) mass is 406 g/mol. The molecule has 1 aliphatic heterocycles. The molecular weight excluding hydrogens is 381 g/mol. The highest BCUT2D eigenvalue weighted by molar-refractivity contribution is 5.79. The second-order valence-electron chi connectivity index (χ2n) is 7.28. The lowest BCUT2D eigenvalue weighted by atomic mass is 9.96. The number of nitrogens with zero attached hydrogens (tertiary/aromatic N) is 1. The van der Waals surface area contributed by atoms with Gasteiger partial charge in [-0.05, 0) is 47.4 Å². The molecule has 2 aromatic rings. The van der Waals surface area contributed by atoms with E-state index >= 15 is 0 Å². The van der Waals surface area contributed by atoms with Crippen LogP contribution >= 0.6 is 0 Å². The highest BCUT2D eigenvalue weighted by atomic mass is 19.4. The van der Waals surface area contributed by atoms with Crippen LogP contribution in [-0.2, 0) is 30.5 Å². The number of likely N-dealkylation sites (tertiary alicyclic amines) is 1. The van der Waals surface area contributed by atoms with Crippen molar-refractivity contribution in [3.8, 4) is 5.75 Å². The number of carbonyl (C=O) groups is 1. The van der Waals surface area contributed by atoms with E-state index in [1.165, 1.54) is 11.6 Å². The summed E-state index contributed by atoms with van der Waals surface area (Å²) in [6, 6.07) is 11.0. The maximum atomic E-state index is 12.8. The number of rotatable bonds is 7. The van der Waals surface area contributed by atoms with E-state index in [0.717, 1.165) is 43.8 Å². The van der Waals surface area contributed by atoms with Crippen molar-refractivity contribution in [2.45, 2.75) is 32.7 Å². The van der Waals surface area contributed by atoms with Crippen LogP contribution in [-0.4, -0.2) is 30.9 Å². The number of aryl methyl sites for hydroxylation is 1. The quantitative estimate of drug-likeness (QED) is 0.755. The van der Waals surface area contributed by atoms with Crippen molar-refractivity contribution in [1.29, 1.82) is 0 Å². The molecule has 0 atom stereocenters. The van der Waals surface area contributed by atoms with Gasteiger partial charge in [0.2, 0.25) is 5.91 Å². The number of ether oxygens (including phenoxy) is 1. The predicted octanol–water partition coefficient (Wildman–Crippen LogP) is 4.02. The van der Waals surface area contributed by atoms with Crippen LogP contribution in [0.1, 0.15) is 29.2 Å². The summed E-state index contributed by atoms with van der Waals surface area (Å²) in [4.78, 5) is 13.8. The number of carbonyl (C=O) groups excluding carboxylic acids is 1. The first kappa shape index (κ1) is 21.2. The fraction of sp³-hybridized carbons (Fsp3) is 0.409. The molecule has 0 saturated carbocycles. The van der Waals surface area contributed by atoms with Gasteiger partial charge in [-0.15, -0.1) is 0 Å². The number of alkyl halides is 3. The van der Waals surface area contributed by atoms with Gasteiger partial charge in [0.1, 0.15) is 12.4 Å². The highest BCUT2D eigenvalue weighted by Crippen LogP contribution is 2.30. The lowest BCUT2D eigenvalue weighted by molar-refractivity contribution is -0.137. The molecule has 29 heavy (non-hydrogen) atoms. The fourth-order valence-corrected chi connectivity index (χ4v) is 3.49. The normalized spacial score (nSPS) is 15.1. The number of amides is 1. The van der Waals surface area contributed by atoms with E-state index in [1.807, 2.05) is 18.2 Å². The molecule has 1 heterocycles. The van der Waals surface area contributed by atoms with Gasteiger partial charge >= 0.3 is 6.18 Å². The molecule has 0 bridgehead atoms. The molecule has 1 fully saturated rings. The van der Waals surface area contributed by atoms with Crippen LogP contribution in [0, 0.1) is 5.92 Å². The average Bonchev–Trinajstić information content (AvgIpc) is 2.68. The first-order valence-electron chi connectivity index (χ1n) is 9.64. The molecule has 1 N–H and O–H groups in total. The SMILES string of the molecule is CCc1cc(OCc2cccc(C(F)(F)F)c2)ccc1CN1CC(C(=O)NC)C1. The third kappa shape index (κ3) is 5.29. The summed E-state index contributed by atoms with van der Waals surface area (Å²) in [5, 5.41) is 2.68. The molecule has 0 spiro atoms. The van der Waals surface area contributed by atoms with Gasteiger partial charge in [-0.1, -0.05) is 25.1 Å². The van der Waals surface area contributed by atoms with E-state index in [-0.39, 0.29) is 18.4 Å². The van der Waals surface area contributed by atoms with Crippen LogP contribution in [0.15, 0.2) is 42.5 Å². The third-order valence-corrected chi connectivity index (χ3v) is 5.19. The van der Waals surface area contributed by atoms with Crippen LogP contribution < -0.4 is 10.1 Å². The first-order valence-corrected chi connectivity index (χ1v) is 9.64. The molecule has 1 amide bonds. The Morgan fingerprint density at radius 2 is 1.93 bits per heavy atom. The van der Waals surface area contributed by atoms with Crippen LogP contribution in [0.5, 0.6) is 5.75 Å². The highest BCUT2D eigenvalue weighted by Gasteiger charge is 2.32. The van der Waals surface area contributed by atoms with Crippen molar-refractivity contribution in [2.24, 2.45) is 5.92 Å². The first-order chi connectivity index (χ1) is 13.8. The van der Waals surface area contributed by atoms with E-state index in [2.05, 4.69) is 17.1 Å². The Hall–Kier alpha value is -2.54. The average molecular weight is 406 g/mol. The Labute approximate surface area is 168 Å². The van der Waals surface area contributed by atoms with Crippen LogP contribution in [0.25, 0.3) is 0 Å². The second-order valence-corrected chi connectivity index (χ2v) is 7.28. The number of nitrogens with one attached hydrogen (secondary N) is 1. The Kier molecular flexibility index (Phi) is 6.47. The topological polar surface area (TPSA) is 41.6 Å². The van der Waals surface area contributed by atoms with Crippen molar-refractivity contribution in [1.82, 2.24) is 10.2 Å². The maximum absolute atomic E-state index is 12.8. The van der Waals surface area contributed by atoms with E-state index in [9.17, 15) is 18.0 Å². The summed E-state index contributed by atoms with van der Waals surface area (Å²) in [6.07, 6.45) is -3.54. The fourth-order valence-electron chi connectivity index (χ4n) is 3.49. The number of hydrogen-bond acceptors (Lipinski definition) is 3. The zero-order valence-electron chi connectivity index (χ0n) is 16.6. The molecule has 0 aromatic heterocycles. The number of halogens is 3. The summed E-state index contributed by atoms with van der Waals surface area (Å²) in [5.41, 5.74) is 2.11. The van der Waals surface area contributed by atoms with Crippen molar-refractivity contribution in [2.75, 3.05) is 20.1 Å². The van der Waals surface area contributed by atoms with E-state index in [0.29, 0.717) is 11.3 Å². The van der Waals surface area contributed by atoms with Gasteiger partial charge in [0.05, 0.1) is 11.5 Å². The molecule has 3 rings (SSSR count). The second kappa shape index (κ2) is 8.86. The molecule has 2 aromatic carbocycles. The summed E-state index contributed by atoms with van der Waals surface area (Å²) < 4.78 is 44.2. The van der Waals surface area contributed by atoms with Crippen LogP contribution in [0.2, 0.25) is 0 Å². The van der Waals surface area contributed by atoms with Gasteiger partial charge in [0.15, 0.2) is 0 Å². The maximum Gasteiger partial charge on any atom is 0.416 e. The Morgan fingerprint density at radius 3 is 2.59 bits per heavy atom. The largest absolute Gasteiger partial charge is 0.489 e. The van der Waals surface area contributed by atoms with Gasteiger partial charge in [0.25, 0.3) is 0 Å². The smallest absolute Gasteiger partial charge is 0.416 e. The Morgan fingerprint density at radius 1 is 1.17 bits per heavy atom. The van der Waals surface area contributed by atoms with Gasteiger partial charge in [0, 0.05) is 26.7 Å². The molecular formula is C22H25F3N2O2. The van der Waals surface area contributed by atoms with Gasteiger partial charge in [-0.25, -0.2) is 0 Å². The Bertz CT molecular complexity index is 861. The van der Waals surface area contributed by atoms with Gasteiger partial charge < -0.3 is 10.1 Å². The molecule has 156 valence electrons. The minimum atomic E-state index is -4.36. The van der Waals surface area contributed by atoms with E-state index < -0.39 is 11.7 Å². The zero-order chi connectivity index (χ0) is 21.0. The summed E-state index contributed by atoms with van der Waals surface area (Å²) in [7, 11) is 1.65.